The van der Waals surface area contributed by atoms with Gasteiger partial charge in [0.2, 0.25) is 5.31 Å². The topological polar surface area (TPSA) is 37.3 Å². The maximum absolute atomic E-state index is 11.4. The Labute approximate surface area is 97.9 Å². The van der Waals surface area contributed by atoms with Crippen LogP contribution >= 0.6 is 8.03 Å². The summed E-state index contributed by atoms with van der Waals surface area (Å²) in [5.74, 6) is 0. The third-order valence-electron chi connectivity index (χ3n) is 2.89. The molecule has 86 valence electrons. The largest absolute Gasteiger partial charge is 0.542 e. The molecule has 1 rings (SSSR count). The molecule has 0 bridgehead atoms. The molecule has 0 spiro atoms. The second kappa shape index (κ2) is 5.38. The SMILES string of the molecule is CCC(C)(C)/C(=C\c1ccccc1)[P+](=O)O. The smallest absolute Gasteiger partial charge is 0.156 e. The maximum atomic E-state index is 11.4. The number of benzene rings is 1. The number of rotatable bonds is 4. The van der Waals surface area contributed by atoms with Crippen molar-refractivity contribution in [2.45, 2.75) is 27.2 Å². The molecule has 0 fully saturated rings. The Balaban J connectivity index is 3.14. The molecule has 16 heavy (non-hydrogen) atoms. The molecule has 0 saturated heterocycles. The molecule has 0 aliphatic heterocycles. The van der Waals surface area contributed by atoms with Crippen LogP contribution in [0.4, 0.5) is 0 Å². The molecule has 0 saturated carbocycles. The Kier molecular flexibility index (Phi) is 4.40. The van der Waals surface area contributed by atoms with Gasteiger partial charge < -0.3 is 0 Å². The van der Waals surface area contributed by atoms with Crippen molar-refractivity contribution in [1.29, 1.82) is 0 Å². The molecule has 1 N–H and O–H groups in total. The van der Waals surface area contributed by atoms with E-state index in [2.05, 4.69) is 0 Å². The zero-order valence-corrected chi connectivity index (χ0v) is 10.9. The lowest BCUT2D eigenvalue weighted by Gasteiger charge is -2.17. The van der Waals surface area contributed by atoms with Crippen LogP contribution in [0.5, 0.6) is 0 Å². The van der Waals surface area contributed by atoms with Crippen LogP contribution < -0.4 is 0 Å². The van der Waals surface area contributed by atoms with Crippen LogP contribution in [-0.4, -0.2) is 4.89 Å². The molecule has 1 unspecified atom stereocenters. The van der Waals surface area contributed by atoms with Gasteiger partial charge in [-0.3, -0.25) is 0 Å². The Morgan fingerprint density at radius 3 is 2.38 bits per heavy atom. The minimum absolute atomic E-state index is 0.238. The molecular formula is C13H18O2P+. The zero-order chi connectivity index (χ0) is 12.2. The minimum Gasteiger partial charge on any atom is -0.156 e. The van der Waals surface area contributed by atoms with E-state index in [9.17, 15) is 9.46 Å². The van der Waals surface area contributed by atoms with Crippen LogP contribution in [0.2, 0.25) is 0 Å². The van der Waals surface area contributed by atoms with Crippen LogP contribution in [0.3, 0.4) is 0 Å². The van der Waals surface area contributed by atoms with Crippen LogP contribution in [0.1, 0.15) is 32.8 Å². The van der Waals surface area contributed by atoms with Gasteiger partial charge in [0.15, 0.2) is 0 Å². The Morgan fingerprint density at radius 1 is 1.38 bits per heavy atom. The van der Waals surface area contributed by atoms with Gasteiger partial charge in [0.1, 0.15) is 0 Å². The van der Waals surface area contributed by atoms with E-state index in [4.69, 9.17) is 0 Å². The lowest BCUT2D eigenvalue weighted by Crippen LogP contribution is -2.10. The average Bonchev–Trinajstić information content (AvgIpc) is 2.26. The number of allylic oxidation sites excluding steroid dienone is 1. The Bertz CT molecular complexity index is 394. The highest BCUT2D eigenvalue weighted by molar-refractivity contribution is 7.43. The van der Waals surface area contributed by atoms with Gasteiger partial charge in [-0.2, -0.15) is 4.89 Å². The molecule has 0 radical (unpaired) electrons. The van der Waals surface area contributed by atoms with Crippen molar-refractivity contribution in [1.82, 2.24) is 0 Å². The van der Waals surface area contributed by atoms with Crippen LogP contribution in [-0.2, 0) is 4.57 Å². The highest BCUT2D eigenvalue weighted by atomic mass is 31.1. The Morgan fingerprint density at radius 2 is 1.94 bits per heavy atom. The average molecular weight is 237 g/mol. The summed E-state index contributed by atoms with van der Waals surface area (Å²) in [7, 11) is -2.27. The first-order valence-corrected chi connectivity index (χ1v) is 6.62. The van der Waals surface area contributed by atoms with Crippen molar-refractivity contribution in [3.63, 3.8) is 0 Å². The van der Waals surface area contributed by atoms with E-state index in [0.717, 1.165) is 12.0 Å². The normalized spacial score (nSPS) is 13.8. The van der Waals surface area contributed by atoms with E-state index >= 15 is 0 Å². The van der Waals surface area contributed by atoms with Gasteiger partial charge in [0.25, 0.3) is 0 Å². The van der Waals surface area contributed by atoms with Gasteiger partial charge in [-0.1, -0.05) is 51.1 Å². The predicted octanol–water partition coefficient (Wildman–Crippen LogP) is 4.20. The van der Waals surface area contributed by atoms with Crippen molar-refractivity contribution in [2.75, 3.05) is 0 Å². The molecule has 1 atom stereocenters. The highest BCUT2D eigenvalue weighted by Gasteiger charge is 2.36. The van der Waals surface area contributed by atoms with Crippen molar-refractivity contribution in [3.8, 4) is 0 Å². The molecule has 1 aromatic rings. The van der Waals surface area contributed by atoms with Crippen molar-refractivity contribution >= 4 is 14.1 Å². The van der Waals surface area contributed by atoms with Crippen molar-refractivity contribution in [3.05, 3.63) is 41.2 Å². The summed E-state index contributed by atoms with van der Waals surface area (Å²) in [5, 5.41) is 0.608. The fourth-order valence-corrected chi connectivity index (χ4v) is 2.33. The summed E-state index contributed by atoms with van der Waals surface area (Å²) < 4.78 is 11.4. The maximum Gasteiger partial charge on any atom is 0.542 e. The van der Waals surface area contributed by atoms with E-state index in [-0.39, 0.29) is 5.41 Å². The highest BCUT2D eigenvalue weighted by Crippen LogP contribution is 2.44. The van der Waals surface area contributed by atoms with E-state index in [1.165, 1.54) is 0 Å². The first-order chi connectivity index (χ1) is 7.47. The summed E-state index contributed by atoms with van der Waals surface area (Å²) in [6.45, 7) is 6.01. The number of hydrogen-bond acceptors (Lipinski definition) is 1. The second-order valence-corrected chi connectivity index (χ2v) is 5.48. The van der Waals surface area contributed by atoms with Gasteiger partial charge in [-0.05, 0) is 22.6 Å². The molecule has 0 heterocycles. The molecule has 3 heteroatoms. The molecule has 0 aliphatic carbocycles. The molecule has 1 aromatic carbocycles. The third kappa shape index (κ3) is 3.26. The summed E-state index contributed by atoms with van der Waals surface area (Å²) in [5.41, 5.74) is 0.731. The second-order valence-electron chi connectivity index (χ2n) is 4.45. The monoisotopic (exact) mass is 237 g/mol. The lowest BCUT2D eigenvalue weighted by atomic mass is 9.89. The van der Waals surface area contributed by atoms with Gasteiger partial charge in [-0.15, -0.1) is 0 Å². The Hall–Kier alpha value is -0.980. The van der Waals surface area contributed by atoms with Crippen LogP contribution in [0.15, 0.2) is 35.6 Å². The molecule has 0 aromatic heterocycles. The zero-order valence-electron chi connectivity index (χ0n) is 9.97. The number of hydrogen-bond donors (Lipinski definition) is 1. The first kappa shape index (κ1) is 13.1. The molecule has 2 nitrogen and oxygen atoms in total. The van der Waals surface area contributed by atoms with E-state index in [0.29, 0.717) is 5.31 Å². The van der Waals surface area contributed by atoms with Gasteiger partial charge in [0, 0.05) is 5.41 Å². The summed E-state index contributed by atoms with van der Waals surface area (Å²) >= 11 is 0. The van der Waals surface area contributed by atoms with Gasteiger partial charge in [0.05, 0.1) is 0 Å². The van der Waals surface area contributed by atoms with Crippen molar-refractivity contribution < 1.29 is 9.46 Å². The summed E-state index contributed by atoms with van der Waals surface area (Å²) in [4.78, 5) is 9.38. The summed E-state index contributed by atoms with van der Waals surface area (Å²) in [6, 6.07) is 9.65. The standard InChI is InChI=1S/C13H17O2P/c1-4-13(2,3)12(16(14)15)10-11-8-6-5-7-9-11/h5-10H,4H2,1-3H3/p+1/b12-10+. The predicted molar refractivity (Wildman–Crippen MR) is 68.3 cm³/mol. The fraction of sp³-hybridized carbons (Fsp3) is 0.385. The van der Waals surface area contributed by atoms with E-state index < -0.39 is 8.03 Å². The first-order valence-electron chi connectivity index (χ1n) is 5.40. The summed E-state index contributed by atoms with van der Waals surface area (Å²) in [6.07, 6.45) is 2.66. The third-order valence-corrected chi connectivity index (χ3v) is 4.03. The quantitative estimate of drug-likeness (QED) is 0.797. The van der Waals surface area contributed by atoms with Gasteiger partial charge in [-0.25, -0.2) is 0 Å². The lowest BCUT2D eigenvalue weighted by molar-refractivity contribution is 0.432. The van der Waals surface area contributed by atoms with Crippen LogP contribution in [0.25, 0.3) is 6.08 Å². The molecule has 0 amide bonds. The van der Waals surface area contributed by atoms with Gasteiger partial charge >= 0.3 is 8.03 Å². The van der Waals surface area contributed by atoms with E-state index in [1.807, 2.05) is 57.2 Å². The molecule has 0 aliphatic rings. The van der Waals surface area contributed by atoms with E-state index in [1.54, 1.807) is 0 Å². The van der Waals surface area contributed by atoms with Crippen molar-refractivity contribution in [2.24, 2.45) is 5.41 Å². The minimum atomic E-state index is -2.27. The van der Waals surface area contributed by atoms with Crippen LogP contribution in [0, 0.1) is 5.41 Å². The fourth-order valence-electron chi connectivity index (χ4n) is 1.40. The molecular weight excluding hydrogens is 219 g/mol.